The van der Waals surface area contributed by atoms with Gasteiger partial charge < -0.3 is 15.4 Å². The number of urea groups is 1. The van der Waals surface area contributed by atoms with Crippen LogP contribution in [0.3, 0.4) is 0 Å². The van der Waals surface area contributed by atoms with Crippen molar-refractivity contribution in [3.8, 4) is 5.75 Å². The zero-order chi connectivity index (χ0) is 24.4. The Kier molecular flexibility index (Phi) is 9.64. The number of hydroxylamine groups is 1. The van der Waals surface area contributed by atoms with Gasteiger partial charge in [0.15, 0.2) is 0 Å². The van der Waals surface area contributed by atoms with E-state index in [2.05, 4.69) is 10.6 Å². The number of benzene rings is 2. The molecule has 2 aromatic rings. The summed E-state index contributed by atoms with van der Waals surface area (Å²) >= 11 is 0. The van der Waals surface area contributed by atoms with Crippen LogP contribution >= 0.6 is 0 Å². The molecule has 11 heteroatoms. The summed E-state index contributed by atoms with van der Waals surface area (Å²) in [6.07, 6.45) is 0.375. The SMILES string of the molecule is COc1ccc(S(=O)(=O)N(C)[C@H](CCCNC(=O)N[C@H](C)c2ccccc2)C(=O)NO)cc1. The van der Waals surface area contributed by atoms with Crippen molar-refractivity contribution in [3.63, 3.8) is 0 Å². The van der Waals surface area contributed by atoms with Gasteiger partial charge in [-0.25, -0.2) is 18.7 Å². The van der Waals surface area contributed by atoms with Crippen LogP contribution in [0.2, 0.25) is 0 Å². The van der Waals surface area contributed by atoms with Gasteiger partial charge in [0.1, 0.15) is 11.8 Å². The molecule has 0 saturated carbocycles. The number of methoxy groups -OCH3 is 1. The van der Waals surface area contributed by atoms with E-state index >= 15 is 0 Å². The quantitative estimate of drug-likeness (QED) is 0.222. The summed E-state index contributed by atoms with van der Waals surface area (Å²) in [6, 6.07) is 13.5. The van der Waals surface area contributed by atoms with E-state index < -0.39 is 22.0 Å². The minimum absolute atomic E-state index is 0.0195. The summed E-state index contributed by atoms with van der Waals surface area (Å²) in [7, 11) is -1.28. The van der Waals surface area contributed by atoms with E-state index in [1.54, 1.807) is 0 Å². The van der Waals surface area contributed by atoms with E-state index in [1.165, 1.54) is 43.9 Å². The first kappa shape index (κ1) is 26.1. The third kappa shape index (κ3) is 7.17. The predicted octanol–water partition coefficient (Wildman–Crippen LogP) is 2.03. The average molecular weight is 479 g/mol. The van der Waals surface area contributed by atoms with E-state index in [9.17, 15) is 18.0 Å². The highest BCUT2D eigenvalue weighted by Gasteiger charge is 2.32. The largest absolute Gasteiger partial charge is 0.497 e. The fourth-order valence-corrected chi connectivity index (χ4v) is 4.55. The average Bonchev–Trinajstić information content (AvgIpc) is 2.83. The van der Waals surface area contributed by atoms with Crippen LogP contribution in [0.5, 0.6) is 5.75 Å². The second-order valence-electron chi connectivity index (χ2n) is 7.36. The van der Waals surface area contributed by atoms with Gasteiger partial charge in [0.05, 0.1) is 18.0 Å². The lowest BCUT2D eigenvalue weighted by atomic mass is 10.1. The van der Waals surface area contributed by atoms with Crippen LogP contribution in [0.1, 0.15) is 31.4 Å². The number of hydrogen-bond donors (Lipinski definition) is 4. The third-order valence-corrected chi connectivity index (χ3v) is 7.06. The van der Waals surface area contributed by atoms with Crippen molar-refractivity contribution in [1.82, 2.24) is 20.4 Å². The molecule has 2 aromatic carbocycles. The fourth-order valence-electron chi connectivity index (χ4n) is 3.20. The summed E-state index contributed by atoms with van der Waals surface area (Å²) in [5.41, 5.74) is 2.47. The highest BCUT2D eigenvalue weighted by atomic mass is 32.2. The van der Waals surface area contributed by atoms with Crippen LogP contribution in [-0.4, -0.2) is 56.6 Å². The van der Waals surface area contributed by atoms with Crippen molar-refractivity contribution < 1.29 is 28.0 Å². The molecule has 2 rings (SSSR count). The number of sulfonamides is 1. The van der Waals surface area contributed by atoms with Crippen molar-refractivity contribution in [2.45, 2.75) is 36.7 Å². The molecule has 2 atom stereocenters. The lowest BCUT2D eigenvalue weighted by molar-refractivity contribution is -0.133. The molecular formula is C22H30N4O6S. The maximum atomic E-state index is 12.9. The Morgan fingerprint density at radius 1 is 1.09 bits per heavy atom. The molecule has 0 unspecified atom stereocenters. The number of likely N-dealkylation sites (N-methyl/N-ethyl adjacent to an activating group) is 1. The molecule has 33 heavy (non-hydrogen) atoms. The van der Waals surface area contributed by atoms with Crippen LogP contribution in [0.15, 0.2) is 59.5 Å². The predicted molar refractivity (Wildman–Crippen MR) is 122 cm³/mol. The first-order valence-corrected chi connectivity index (χ1v) is 11.8. The Bertz CT molecular complexity index is 1010. The number of carbonyl (C=O) groups excluding carboxylic acids is 2. The van der Waals surface area contributed by atoms with Gasteiger partial charge in [-0.05, 0) is 49.6 Å². The lowest BCUT2D eigenvalue weighted by Gasteiger charge is -2.26. The Balaban J connectivity index is 1.94. The molecule has 0 aliphatic rings. The topological polar surface area (TPSA) is 137 Å². The number of rotatable bonds is 11. The summed E-state index contributed by atoms with van der Waals surface area (Å²) in [6.45, 7) is 2.06. The minimum Gasteiger partial charge on any atom is -0.497 e. The molecule has 0 spiro atoms. The zero-order valence-corrected chi connectivity index (χ0v) is 19.6. The lowest BCUT2D eigenvalue weighted by Crippen LogP contribution is -2.47. The maximum Gasteiger partial charge on any atom is 0.315 e. The van der Waals surface area contributed by atoms with E-state index in [0.717, 1.165) is 9.87 Å². The zero-order valence-electron chi connectivity index (χ0n) is 18.8. The Hall–Kier alpha value is -3.15. The number of nitrogens with zero attached hydrogens (tertiary/aromatic N) is 1. The summed E-state index contributed by atoms with van der Waals surface area (Å²) < 4.78 is 31.8. The Morgan fingerprint density at radius 3 is 2.30 bits per heavy atom. The molecule has 0 bridgehead atoms. The molecule has 0 heterocycles. The van der Waals surface area contributed by atoms with Gasteiger partial charge in [0.2, 0.25) is 10.0 Å². The van der Waals surface area contributed by atoms with Crippen LogP contribution in [-0.2, 0) is 14.8 Å². The smallest absolute Gasteiger partial charge is 0.315 e. The van der Waals surface area contributed by atoms with Gasteiger partial charge in [-0.1, -0.05) is 30.3 Å². The molecule has 0 radical (unpaired) electrons. The summed E-state index contributed by atoms with van der Waals surface area (Å²) in [5.74, 6) is -0.371. The third-order valence-electron chi connectivity index (χ3n) is 5.18. The molecule has 0 saturated heterocycles. The van der Waals surface area contributed by atoms with E-state index in [1.807, 2.05) is 37.3 Å². The molecule has 4 N–H and O–H groups in total. The Morgan fingerprint density at radius 2 is 1.73 bits per heavy atom. The van der Waals surface area contributed by atoms with E-state index in [4.69, 9.17) is 9.94 Å². The van der Waals surface area contributed by atoms with Crippen molar-refractivity contribution in [2.24, 2.45) is 0 Å². The number of hydrogen-bond acceptors (Lipinski definition) is 6. The van der Waals surface area contributed by atoms with Crippen LogP contribution in [0.25, 0.3) is 0 Å². The highest BCUT2D eigenvalue weighted by Crippen LogP contribution is 2.21. The van der Waals surface area contributed by atoms with Gasteiger partial charge in [-0.2, -0.15) is 4.31 Å². The molecule has 180 valence electrons. The molecule has 0 fully saturated rings. The molecular weight excluding hydrogens is 448 g/mol. The minimum atomic E-state index is -4.01. The maximum absolute atomic E-state index is 12.9. The van der Waals surface area contributed by atoms with E-state index in [0.29, 0.717) is 12.2 Å². The normalized spacial score (nSPS) is 13.1. The van der Waals surface area contributed by atoms with Crippen LogP contribution in [0.4, 0.5) is 4.79 Å². The second-order valence-corrected chi connectivity index (χ2v) is 9.36. The van der Waals surface area contributed by atoms with Gasteiger partial charge in [0, 0.05) is 13.6 Å². The number of carbonyl (C=O) groups is 2. The van der Waals surface area contributed by atoms with Gasteiger partial charge in [-0.15, -0.1) is 0 Å². The summed E-state index contributed by atoms with van der Waals surface area (Å²) in [4.78, 5) is 24.3. The monoisotopic (exact) mass is 478 g/mol. The Labute approximate surface area is 193 Å². The van der Waals surface area contributed by atoms with Gasteiger partial charge >= 0.3 is 6.03 Å². The fraction of sp³-hybridized carbons (Fsp3) is 0.364. The van der Waals surface area contributed by atoms with Gasteiger partial charge in [-0.3, -0.25) is 10.0 Å². The van der Waals surface area contributed by atoms with Crippen molar-refractivity contribution in [1.29, 1.82) is 0 Å². The first-order chi connectivity index (χ1) is 15.7. The molecule has 0 aliphatic carbocycles. The van der Waals surface area contributed by atoms with Crippen LogP contribution < -0.4 is 20.9 Å². The molecule has 3 amide bonds. The summed E-state index contributed by atoms with van der Waals surface area (Å²) in [5, 5.41) is 14.6. The highest BCUT2D eigenvalue weighted by molar-refractivity contribution is 7.89. The van der Waals surface area contributed by atoms with Crippen LogP contribution in [0, 0.1) is 0 Å². The van der Waals surface area contributed by atoms with Crippen molar-refractivity contribution in [2.75, 3.05) is 20.7 Å². The van der Waals surface area contributed by atoms with Gasteiger partial charge in [0.25, 0.3) is 5.91 Å². The molecule has 10 nitrogen and oxygen atoms in total. The first-order valence-electron chi connectivity index (χ1n) is 10.4. The molecule has 0 aliphatic heterocycles. The molecule has 0 aromatic heterocycles. The number of nitrogens with one attached hydrogen (secondary N) is 3. The van der Waals surface area contributed by atoms with E-state index in [-0.39, 0.29) is 29.9 Å². The number of amides is 3. The van der Waals surface area contributed by atoms with Crippen molar-refractivity contribution in [3.05, 3.63) is 60.2 Å². The van der Waals surface area contributed by atoms with Crippen molar-refractivity contribution >= 4 is 22.0 Å². The standard InChI is InChI=1S/C22H30N4O6S/c1-16(17-8-5-4-6-9-17)24-22(28)23-15-7-10-20(21(27)25-29)26(2)33(30,31)19-13-11-18(32-3)12-14-19/h4-6,8-9,11-14,16,20,29H,7,10,15H2,1-3H3,(H,25,27)(H2,23,24,28)/t16-,20-/m1/s1. The second kappa shape index (κ2) is 12.2. The number of ether oxygens (including phenoxy) is 1.